The van der Waals surface area contributed by atoms with E-state index in [1.807, 2.05) is 12.1 Å². The highest BCUT2D eigenvalue weighted by Crippen LogP contribution is 2.41. The molecule has 2 rings (SSSR count). The summed E-state index contributed by atoms with van der Waals surface area (Å²) in [6.07, 6.45) is 0.870. The topological polar surface area (TPSA) is 81.8 Å². The molecule has 1 unspecified atom stereocenters. The zero-order valence-corrected chi connectivity index (χ0v) is 11.2. The quantitative estimate of drug-likeness (QED) is 0.866. The summed E-state index contributed by atoms with van der Waals surface area (Å²) in [4.78, 5) is 11.1. The zero-order valence-electron chi connectivity index (χ0n) is 11.2. The van der Waals surface area contributed by atoms with Gasteiger partial charge in [-0.2, -0.15) is 0 Å². The highest BCUT2D eigenvalue weighted by atomic mass is 16.5. The Morgan fingerprint density at radius 3 is 2.95 bits per heavy atom. The number of fused-ring (bicyclic) bond motifs is 1. The van der Waals surface area contributed by atoms with Crippen LogP contribution < -0.4 is 15.2 Å². The fraction of sp³-hybridized carbons (Fsp3) is 0.500. The lowest BCUT2D eigenvalue weighted by molar-refractivity contribution is -0.152. The number of benzene rings is 1. The molecule has 1 aliphatic heterocycles. The van der Waals surface area contributed by atoms with Crippen LogP contribution in [0, 0.1) is 0 Å². The highest BCUT2D eigenvalue weighted by molar-refractivity contribution is 5.77. The van der Waals surface area contributed by atoms with E-state index >= 15 is 0 Å². The molecule has 1 aliphatic rings. The lowest BCUT2D eigenvalue weighted by Gasteiger charge is -2.29. The summed E-state index contributed by atoms with van der Waals surface area (Å²) in [7, 11) is 0. The third-order valence-corrected chi connectivity index (χ3v) is 3.33. The molecule has 0 saturated heterocycles. The first-order valence-corrected chi connectivity index (χ1v) is 6.34. The Balaban J connectivity index is 2.35. The molecular formula is C14H19NO4. The molecular weight excluding hydrogens is 246 g/mol. The summed E-state index contributed by atoms with van der Waals surface area (Å²) < 4.78 is 11.2. The number of carbonyl (C=O) groups is 1. The summed E-state index contributed by atoms with van der Waals surface area (Å²) in [5.41, 5.74) is 5.45. The van der Waals surface area contributed by atoms with Crippen molar-refractivity contribution in [2.24, 2.45) is 5.73 Å². The monoisotopic (exact) mass is 265 g/mol. The van der Waals surface area contributed by atoms with Gasteiger partial charge in [0.25, 0.3) is 0 Å². The van der Waals surface area contributed by atoms with Gasteiger partial charge in [-0.3, -0.25) is 0 Å². The fourth-order valence-electron chi connectivity index (χ4n) is 2.11. The van der Waals surface area contributed by atoms with Crippen LogP contribution in [0.15, 0.2) is 18.2 Å². The molecule has 5 nitrogen and oxygen atoms in total. The van der Waals surface area contributed by atoms with Crippen LogP contribution in [0.25, 0.3) is 0 Å². The minimum atomic E-state index is -1.30. The van der Waals surface area contributed by atoms with Gasteiger partial charge in [0.1, 0.15) is 0 Å². The SMILES string of the molecule is CC(C)(Oc1cccc2c1OCCC2CN)C(=O)O. The molecule has 1 heterocycles. The number of ether oxygens (including phenoxy) is 2. The number of hydrogen-bond acceptors (Lipinski definition) is 4. The lowest BCUT2D eigenvalue weighted by Crippen LogP contribution is -2.38. The molecule has 1 aromatic rings. The van der Waals surface area contributed by atoms with E-state index in [1.54, 1.807) is 6.07 Å². The predicted octanol–water partition coefficient (Wildman–Crippen LogP) is 1.75. The van der Waals surface area contributed by atoms with E-state index in [0.717, 1.165) is 12.0 Å². The summed E-state index contributed by atoms with van der Waals surface area (Å²) in [5, 5.41) is 9.12. The summed E-state index contributed by atoms with van der Waals surface area (Å²) in [6.45, 7) is 4.14. The van der Waals surface area contributed by atoms with Gasteiger partial charge in [-0.15, -0.1) is 0 Å². The molecule has 104 valence electrons. The first-order chi connectivity index (χ1) is 8.95. The van der Waals surface area contributed by atoms with Crippen molar-refractivity contribution in [2.75, 3.05) is 13.2 Å². The van der Waals surface area contributed by atoms with Gasteiger partial charge >= 0.3 is 5.97 Å². The molecule has 0 spiro atoms. The first kappa shape index (κ1) is 13.7. The van der Waals surface area contributed by atoms with Gasteiger partial charge in [0.05, 0.1) is 6.61 Å². The van der Waals surface area contributed by atoms with Crippen molar-refractivity contribution < 1.29 is 19.4 Å². The maximum atomic E-state index is 11.1. The Bertz CT molecular complexity index is 484. The first-order valence-electron chi connectivity index (χ1n) is 6.34. The van der Waals surface area contributed by atoms with Gasteiger partial charge in [-0.05, 0) is 32.9 Å². The third-order valence-electron chi connectivity index (χ3n) is 3.33. The molecule has 0 radical (unpaired) electrons. The number of nitrogens with two attached hydrogens (primary N) is 1. The molecule has 0 aromatic heterocycles. The normalized spacial score (nSPS) is 18.4. The van der Waals surface area contributed by atoms with Gasteiger partial charge in [0.2, 0.25) is 0 Å². The van der Waals surface area contributed by atoms with Crippen LogP contribution in [-0.2, 0) is 4.79 Å². The Kier molecular flexibility index (Phi) is 3.66. The van der Waals surface area contributed by atoms with Crippen LogP contribution in [0.3, 0.4) is 0 Å². The molecule has 0 aliphatic carbocycles. The van der Waals surface area contributed by atoms with Crippen LogP contribution in [0.1, 0.15) is 31.7 Å². The maximum Gasteiger partial charge on any atom is 0.347 e. The highest BCUT2D eigenvalue weighted by Gasteiger charge is 2.32. The van der Waals surface area contributed by atoms with Crippen molar-refractivity contribution in [2.45, 2.75) is 31.8 Å². The molecule has 5 heteroatoms. The van der Waals surface area contributed by atoms with Crippen LogP contribution >= 0.6 is 0 Å². The van der Waals surface area contributed by atoms with E-state index in [4.69, 9.17) is 20.3 Å². The van der Waals surface area contributed by atoms with E-state index in [9.17, 15) is 4.79 Å². The molecule has 0 fully saturated rings. The van der Waals surface area contributed by atoms with Crippen LogP contribution in [0.4, 0.5) is 0 Å². The predicted molar refractivity (Wildman–Crippen MR) is 70.7 cm³/mol. The third kappa shape index (κ3) is 2.66. The number of aliphatic carboxylic acids is 1. The molecule has 3 N–H and O–H groups in total. The van der Waals surface area contributed by atoms with Gasteiger partial charge in [0.15, 0.2) is 17.1 Å². The molecule has 19 heavy (non-hydrogen) atoms. The van der Waals surface area contributed by atoms with Crippen molar-refractivity contribution in [3.8, 4) is 11.5 Å². The molecule has 1 aromatic carbocycles. The largest absolute Gasteiger partial charge is 0.489 e. The van der Waals surface area contributed by atoms with Gasteiger partial charge in [-0.1, -0.05) is 12.1 Å². The van der Waals surface area contributed by atoms with Crippen molar-refractivity contribution in [3.05, 3.63) is 23.8 Å². The average Bonchev–Trinajstić information content (AvgIpc) is 2.38. The Labute approximate surface area is 112 Å². The van der Waals surface area contributed by atoms with E-state index in [1.165, 1.54) is 13.8 Å². The molecule has 0 amide bonds. The molecule has 0 saturated carbocycles. The van der Waals surface area contributed by atoms with Crippen LogP contribution in [-0.4, -0.2) is 29.8 Å². The second kappa shape index (κ2) is 5.09. The van der Waals surface area contributed by atoms with E-state index in [0.29, 0.717) is 24.7 Å². The zero-order chi connectivity index (χ0) is 14.0. The average molecular weight is 265 g/mol. The van der Waals surface area contributed by atoms with Gasteiger partial charge in [0, 0.05) is 11.5 Å². The number of para-hydroxylation sites is 1. The Morgan fingerprint density at radius 2 is 2.32 bits per heavy atom. The Hall–Kier alpha value is -1.75. The minimum absolute atomic E-state index is 0.236. The van der Waals surface area contributed by atoms with Crippen LogP contribution in [0.2, 0.25) is 0 Å². The van der Waals surface area contributed by atoms with E-state index in [2.05, 4.69) is 0 Å². The van der Waals surface area contributed by atoms with Crippen molar-refractivity contribution in [1.82, 2.24) is 0 Å². The second-order valence-corrected chi connectivity index (χ2v) is 5.16. The van der Waals surface area contributed by atoms with Crippen LogP contribution in [0.5, 0.6) is 11.5 Å². The number of hydrogen-bond donors (Lipinski definition) is 2. The van der Waals surface area contributed by atoms with Gasteiger partial charge in [-0.25, -0.2) is 4.79 Å². The van der Waals surface area contributed by atoms with Crippen molar-refractivity contribution in [3.63, 3.8) is 0 Å². The van der Waals surface area contributed by atoms with E-state index in [-0.39, 0.29) is 5.92 Å². The minimum Gasteiger partial charge on any atom is -0.489 e. The second-order valence-electron chi connectivity index (χ2n) is 5.16. The fourth-order valence-corrected chi connectivity index (χ4v) is 2.11. The lowest BCUT2D eigenvalue weighted by atomic mass is 9.93. The maximum absolute atomic E-state index is 11.1. The van der Waals surface area contributed by atoms with E-state index < -0.39 is 11.6 Å². The summed E-state index contributed by atoms with van der Waals surface area (Å²) >= 11 is 0. The Morgan fingerprint density at radius 1 is 1.58 bits per heavy atom. The van der Waals surface area contributed by atoms with Crippen molar-refractivity contribution >= 4 is 5.97 Å². The molecule has 1 atom stereocenters. The number of carboxylic acid groups (broad SMARTS) is 1. The summed E-state index contributed by atoms with van der Waals surface area (Å²) in [6, 6.07) is 5.51. The molecule has 0 bridgehead atoms. The smallest absolute Gasteiger partial charge is 0.347 e. The van der Waals surface area contributed by atoms with Gasteiger partial charge < -0.3 is 20.3 Å². The van der Waals surface area contributed by atoms with Crippen molar-refractivity contribution in [1.29, 1.82) is 0 Å². The number of carboxylic acids is 1. The number of rotatable bonds is 4. The standard InChI is InChI=1S/C14H19NO4/c1-14(2,13(16)17)19-11-5-3-4-10-9(8-15)6-7-18-12(10)11/h3-5,9H,6-8,15H2,1-2H3,(H,16,17). The summed E-state index contributed by atoms with van der Waals surface area (Å²) in [5.74, 6) is 0.304.